The van der Waals surface area contributed by atoms with Gasteiger partial charge in [-0.25, -0.2) is 4.79 Å². The Hall–Kier alpha value is -2.83. The van der Waals surface area contributed by atoms with Crippen LogP contribution in [0.1, 0.15) is 16.3 Å². The van der Waals surface area contributed by atoms with Crippen LogP contribution < -0.4 is 5.32 Å². The number of aromatic carboxylic acids is 1. The van der Waals surface area contributed by atoms with Gasteiger partial charge in [0.2, 0.25) is 5.76 Å². The van der Waals surface area contributed by atoms with Crippen LogP contribution in [0.15, 0.2) is 40.8 Å². The van der Waals surface area contributed by atoms with Crippen LogP contribution in [0.4, 0.5) is 11.4 Å². The number of anilines is 1. The van der Waals surface area contributed by atoms with Crippen molar-refractivity contribution in [3.63, 3.8) is 0 Å². The third kappa shape index (κ3) is 2.89. The number of carbonyl (C=O) groups is 1. The van der Waals surface area contributed by atoms with E-state index in [1.807, 2.05) is 0 Å². The highest BCUT2D eigenvalue weighted by Crippen LogP contribution is 2.23. The third-order valence-electron chi connectivity index (χ3n) is 2.43. The molecule has 0 bridgehead atoms. The van der Waals surface area contributed by atoms with Crippen LogP contribution in [0.2, 0.25) is 0 Å². The van der Waals surface area contributed by atoms with Crippen molar-refractivity contribution >= 4 is 17.3 Å². The lowest BCUT2D eigenvalue weighted by molar-refractivity contribution is -0.384. The van der Waals surface area contributed by atoms with Crippen molar-refractivity contribution in [3.8, 4) is 0 Å². The number of nitrogens with zero attached hydrogens (tertiary/aromatic N) is 1. The predicted molar refractivity (Wildman–Crippen MR) is 66.1 cm³/mol. The summed E-state index contributed by atoms with van der Waals surface area (Å²) >= 11 is 0. The molecule has 0 spiro atoms. The minimum atomic E-state index is -1.16. The number of nitro groups is 1. The number of nitro benzene ring substituents is 1. The zero-order valence-electron chi connectivity index (χ0n) is 9.70. The van der Waals surface area contributed by atoms with E-state index in [1.165, 1.54) is 18.2 Å². The van der Waals surface area contributed by atoms with Crippen molar-refractivity contribution in [2.45, 2.75) is 6.54 Å². The van der Waals surface area contributed by atoms with Gasteiger partial charge in [-0.3, -0.25) is 10.1 Å². The Morgan fingerprint density at radius 3 is 2.68 bits per heavy atom. The van der Waals surface area contributed by atoms with Crippen LogP contribution in [-0.4, -0.2) is 16.0 Å². The van der Waals surface area contributed by atoms with E-state index >= 15 is 0 Å². The molecule has 1 heterocycles. The lowest BCUT2D eigenvalue weighted by Crippen LogP contribution is -2.01. The Morgan fingerprint density at radius 2 is 2.05 bits per heavy atom. The van der Waals surface area contributed by atoms with E-state index in [4.69, 9.17) is 9.52 Å². The maximum Gasteiger partial charge on any atom is 0.371 e. The second-order valence-corrected chi connectivity index (χ2v) is 3.70. The van der Waals surface area contributed by atoms with E-state index in [0.717, 1.165) is 0 Å². The minimum Gasteiger partial charge on any atom is -0.475 e. The molecule has 19 heavy (non-hydrogen) atoms. The minimum absolute atomic E-state index is 0.0486. The van der Waals surface area contributed by atoms with Gasteiger partial charge in [-0.1, -0.05) is 12.1 Å². The number of carboxylic acid groups (broad SMARTS) is 1. The van der Waals surface area contributed by atoms with Gasteiger partial charge in [-0.15, -0.1) is 0 Å². The Bertz CT molecular complexity index is 620. The predicted octanol–water partition coefficient (Wildman–Crippen LogP) is 2.50. The van der Waals surface area contributed by atoms with Gasteiger partial charge in [0, 0.05) is 6.07 Å². The van der Waals surface area contributed by atoms with E-state index < -0.39 is 10.9 Å². The zero-order valence-corrected chi connectivity index (χ0v) is 9.70. The van der Waals surface area contributed by atoms with Crippen LogP contribution in [-0.2, 0) is 6.54 Å². The number of benzene rings is 1. The number of hydrogen-bond donors (Lipinski definition) is 2. The van der Waals surface area contributed by atoms with E-state index in [9.17, 15) is 14.9 Å². The summed E-state index contributed by atoms with van der Waals surface area (Å²) in [5.41, 5.74) is 0.299. The molecule has 0 aliphatic rings. The van der Waals surface area contributed by atoms with E-state index in [-0.39, 0.29) is 18.0 Å². The number of para-hydroxylation sites is 2. The van der Waals surface area contributed by atoms with Crippen molar-refractivity contribution in [1.29, 1.82) is 0 Å². The number of carboxylic acids is 1. The Balaban J connectivity index is 2.10. The topological polar surface area (TPSA) is 106 Å². The smallest absolute Gasteiger partial charge is 0.371 e. The molecule has 0 aliphatic heterocycles. The highest BCUT2D eigenvalue weighted by molar-refractivity contribution is 5.84. The summed E-state index contributed by atoms with van der Waals surface area (Å²) in [6.07, 6.45) is 0. The molecule has 0 atom stereocenters. The SMILES string of the molecule is O=C(O)c1ccc(CNc2ccccc2[N+](=O)[O-])o1. The van der Waals surface area contributed by atoms with E-state index in [2.05, 4.69) is 5.32 Å². The van der Waals surface area contributed by atoms with Crippen molar-refractivity contribution in [1.82, 2.24) is 0 Å². The molecule has 0 saturated heterocycles. The fourth-order valence-electron chi connectivity index (χ4n) is 1.55. The van der Waals surface area contributed by atoms with Gasteiger partial charge in [0.1, 0.15) is 11.4 Å². The van der Waals surface area contributed by atoms with Crippen LogP contribution in [0, 0.1) is 10.1 Å². The molecular weight excluding hydrogens is 252 g/mol. The highest BCUT2D eigenvalue weighted by atomic mass is 16.6. The standard InChI is InChI=1S/C12H10N2O5/c15-12(16)11-6-5-8(19-11)7-13-9-3-1-2-4-10(9)14(17)18/h1-6,13H,7H2,(H,15,16). The average molecular weight is 262 g/mol. The zero-order chi connectivity index (χ0) is 13.8. The van der Waals surface area contributed by atoms with Crippen molar-refractivity contribution in [2.24, 2.45) is 0 Å². The number of rotatable bonds is 5. The molecule has 7 nitrogen and oxygen atoms in total. The highest BCUT2D eigenvalue weighted by Gasteiger charge is 2.13. The molecule has 98 valence electrons. The average Bonchev–Trinajstić information content (AvgIpc) is 2.85. The number of nitrogens with one attached hydrogen (secondary N) is 1. The van der Waals surface area contributed by atoms with Gasteiger partial charge in [-0.05, 0) is 18.2 Å². The van der Waals surface area contributed by atoms with E-state index in [1.54, 1.807) is 18.2 Å². The molecule has 0 amide bonds. The molecule has 2 rings (SSSR count). The lowest BCUT2D eigenvalue weighted by atomic mass is 10.2. The first-order chi connectivity index (χ1) is 9.08. The molecule has 0 unspecified atom stereocenters. The molecule has 0 radical (unpaired) electrons. The summed E-state index contributed by atoms with van der Waals surface area (Å²) in [7, 11) is 0. The molecule has 0 aliphatic carbocycles. The number of furan rings is 1. The fourth-order valence-corrected chi connectivity index (χ4v) is 1.55. The summed E-state index contributed by atoms with van der Waals surface area (Å²) in [4.78, 5) is 20.9. The summed E-state index contributed by atoms with van der Waals surface area (Å²) in [6, 6.07) is 9.02. The number of hydrogen-bond acceptors (Lipinski definition) is 5. The van der Waals surface area contributed by atoms with Gasteiger partial charge in [-0.2, -0.15) is 0 Å². The summed E-state index contributed by atoms with van der Waals surface area (Å²) in [5, 5.41) is 22.3. The first kappa shape index (κ1) is 12.6. The Labute approximate surface area is 107 Å². The van der Waals surface area contributed by atoms with Gasteiger partial charge in [0.25, 0.3) is 5.69 Å². The summed E-state index contributed by atoms with van der Waals surface area (Å²) < 4.78 is 5.04. The van der Waals surface area contributed by atoms with Crippen LogP contribution in [0.3, 0.4) is 0 Å². The maximum absolute atomic E-state index is 10.8. The first-order valence-electron chi connectivity index (χ1n) is 5.37. The van der Waals surface area contributed by atoms with Crippen LogP contribution >= 0.6 is 0 Å². The summed E-state index contributed by atoms with van der Waals surface area (Å²) in [5.74, 6) is -0.938. The van der Waals surface area contributed by atoms with Gasteiger partial charge in [0.15, 0.2) is 0 Å². The van der Waals surface area contributed by atoms with Gasteiger partial charge < -0.3 is 14.8 Å². The van der Waals surface area contributed by atoms with Crippen LogP contribution in [0.25, 0.3) is 0 Å². The van der Waals surface area contributed by atoms with Crippen molar-refractivity contribution in [2.75, 3.05) is 5.32 Å². The Morgan fingerprint density at radius 1 is 1.32 bits per heavy atom. The normalized spacial score (nSPS) is 10.1. The molecule has 1 aromatic carbocycles. The van der Waals surface area contributed by atoms with Crippen molar-refractivity contribution in [3.05, 3.63) is 58.0 Å². The van der Waals surface area contributed by atoms with Gasteiger partial charge >= 0.3 is 5.97 Å². The van der Waals surface area contributed by atoms with E-state index in [0.29, 0.717) is 11.4 Å². The Kier molecular flexibility index (Phi) is 3.46. The third-order valence-corrected chi connectivity index (χ3v) is 2.43. The largest absolute Gasteiger partial charge is 0.475 e. The second kappa shape index (κ2) is 5.21. The fraction of sp³-hybridized carbons (Fsp3) is 0.0833. The molecule has 0 saturated carbocycles. The molecule has 2 N–H and O–H groups in total. The molecule has 2 aromatic rings. The molecule has 0 fully saturated rings. The van der Waals surface area contributed by atoms with Crippen LogP contribution in [0.5, 0.6) is 0 Å². The summed E-state index contributed by atoms with van der Waals surface area (Å²) in [6.45, 7) is 0.165. The van der Waals surface area contributed by atoms with Gasteiger partial charge in [0.05, 0.1) is 11.5 Å². The molecular formula is C12H10N2O5. The quantitative estimate of drug-likeness (QED) is 0.633. The second-order valence-electron chi connectivity index (χ2n) is 3.70. The molecule has 1 aromatic heterocycles. The lowest BCUT2D eigenvalue weighted by Gasteiger charge is -2.04. The maximum atomic E-state index is 10.8. The van der Waals surface area contributed by atoms with Crippen molar-refractivity contribution < 1.29 is 19.2 Å². The molecule has 7 heteroatoms. The monoisotopic (exact) mass is 262 g/mol. The first-order valence-corrected chi connectivity index (χ1v) is 5.37.